The van der Waals surface area contributed by atoms with Gasteiger partial charge in [0.15, 0.2) is 8.32 Å². The third-order valence-electron chi connectivity index (χ3n) is 5.55. The molecule has 1 heterocycles. The lowest BCUT2D eigenvalue weighted by Gasteiger charge is -2.37. The topological polar surface area (TPSA) is 65.1 Å². The van der Waals surface area contributed by atoms with Crippen molar-refractivity contribution >= 4 is 25.9 Å². The van der Waals surface area contributed by atoms with Gasteiger partial charge in [-0.1, -0.05) is 32.9 Å². The SMILES string of the molecule is COc1ccc(C2=C[C@H](CO[Si](C)(C)C(C)(C)C)N(C(=O)OC(C)(C)C)C2=O)cc1. The maximum atomic E-state index is 13.2. The van der Waals surface area contributed by atoms with Gasteiger partial charge in [0, 0.05) is 5.57 Å². The summed E-state index contributed by atoms with van der Waals surface area (Å²) >= 11 is 0. The normalized spacial score (nSPS) is 17.8. The monoisotopic (exact) mass is 433 g/mol. The van der Waals surface area contributed by atoms with E-state index < -0.39 is 26.1 Å². The first kappa shape index (κ1) is 24.1. The average molecular weight is 434 g/mol. The molecule has 0 saturated heterocycles. The van der Waals surface area contributed by atoms with Crippen LogP contribution in [-0.4, -0.2) is 50.6 Å². The van der Waals surface area contributed by atoms with Gasteiger partial charge in [-0.2, -0.15) is 0 Å². The zero-order chi connectivity index (χ0) is 22.9. The van der Waals surface area contributed by atoms with Gasteiger partial charge < -0.3 is 13.9 Å². The molecule has 1 atom stereocenters. The number of carbonyl (C=O) groups is 2. The molecule has 0 unspecified atom stereocenters. The molecule has 7 heteroatoms. The standard InChI is InChI=1S/C23H35NO5Si/c1-22(2,3)29-21(26)24-17(15-28-30(8,9)23(4,5)6)14-19(20(24)25)16-10-12-18(27-7)13-11-16/h10-14,17H,15H2,1-9H3/t17-/m1/s1. The smallest absolute Gasteiger partial charge is 0.417 e. The molecule has 1 aromatic rings. The summed E-state index contributed by atoms with van der Waals surface area (Å²) in [6, 6.07) is 6.69. The van der Waals surface area contributed by atoms with Gasteiger partial charge >= 0.3 is 6.09 Å². The summed E-state index contributed by atoms with van der Waals surface area (Å²) in [5, 5.41) is 0.0227. The molecule has 6 nitrogen and oxygen atoms in total. The van der Waals surface area contributed by atoms with Crippen molar-refractivity contribution in [1.29, 1.82) is 0 Å². The molecule has 0 radical (unpaired) electrons. The molecule has 30 heavy (non-hydrogen) atoms. The van der Waals surface area contributed by atoms with Crippen LogP contribution < -0.4 is 4.74 Å². The van der Waals surface area contributed by atoms with Crippen molar-refractivity contribution < 1.29 is 23.5 Å². The average Bonchev–Trinajstić information content (AvgIpc) is 2.94. The van der Waals surface area contributed by atoms with Gasteiger partial charge in [-0.15, -0.1) is 0 Å². The Hall–Kier alpha value is -2.12. The summed E-state index contributed by atoms with van der Waals surface area (Å²) in [5.41, 5.74) is 0.488. The van der Waals surface area contributed by atoms with E-state index in [1.807, 2.05) is 12.1 Å². The number of hydrogen-bond acceptors (Lipinski definition) is 5. The molecule has 0 bridgehead atoms. The summed E-state index contributed by atoms with van der Waals surface area (Å²) < 4.78 is 17.0. The van der Waals surface area contributed by atoms with Crippen LogP contribution in [0.5, 0.6) is 5.75 Å². The highest BCUT2D eigenvalue weighted by Crippen LogP contribution is 2.37. The molecule has 1 aliphatic rings. The fourth-order valence-corrected chi connectivity index (χ4v) is 3.79. The van der Waals surface area contributed by atoms with Crippen LogP contribution in [0.15, 0.2) is 30.3 Å². The molecule has 0 saturated carbocycles. The second-order valence-corrected chi connectivity index (χ2v) is 14.9. The van der Waals surface area contributed by atoms with E-state index in [4.69, 9.17) is 13.9 Å². The van der Waals surface area contributed by atoms with Gasteiger partial charge in [0.05, 0.1) is 19.8 Å². The van der Waals surface area contributed by atoms with Crippen LogP contribution in [0, 0.1) is 0 Å². The van der Waals surface area contributed by atoms with E-state index in [2.05, 4.69) is 33.9 Å². The summed E-state index contributed by atoms with van der Waals surface area (Å²) in [4.78, 5) is 27.2. The second-order valence-electron chi connectivity index (χ2n) is 10.1. The minimum atomic E-state index is -2.06. The Kier molecular flexibility index (Phi) is 6.88. The number of ether oxygens (including phenoxy) is 2. The van der Waals surface area contributed by atoms with Crippen molar-refractivity contribution in [2.45, 2.75) is 71.3 Å². The molecule has 0 aliphatic carbocycles. The zero-order valence-corrected chi connectivity index (χ0v) is 20.7. The lowest BCUT2D eigenvalue weighted by Crippen LogP contribution is -2.48. The Bertz CT molecular complexity index is 815. The van der Waals surface area contributed by atoms with Crippen molar-refractivity contribution in [3.8, 4) is 5.75 Å². The van der Waals surface area contributed by atoms with Crippen LogP contribution in [-0.2, 0) is 14.0 Å². The fourth-order valence-electron chi connectivity index (χ4n) is 2.77. The van der Waals surface area contributed by atoms with Crippen molar-refractivity contribution in [2.75, 3.05) is 13.7 Å². The minimum Gasteiger partial charge on any atom is -0.497 e. The Morgan fingerprint density at radius 2 is 1.63 bits per heavy atom. The molecular weight excluding hydrogens is 398 g/mol. The number of hydrogen-bond donors (Lipinski definition) is 0. The predicted octanol–water partition coefficient (Wildman–Crippen LogP) is 5.25. The predicted molar refractivity (Wildman–Crippen MR) is 121 cm³/mol. The van der Waals surface area contributed by atoms with E-state index in [9.17, 15) is 9.59 Å². The van der Waals surface area contributed by atoms with E-state index in [1.54, 1.807) is 46.1 Å². The molecule has 0 aromatic heterocycles. The third-order valence-corrected chi connectivity index (χ3v) is 10.1. The number of amides is 2. The first-order valence-corrected chi connectivity index (χ1v) is 13.1. The number of benzene rings is 1. The van der Waals surface area contributed by atoms with Crippen LogP contribution >= 0.6 is 0 Å². The minimum absolute atomic E-state index is 0.0227. The summed E-state index contributed by atoms with van der Waals surface area (Å²) in [5.74, 6) is 0.324. The molecule has 166 valence electrons. The quantitative estimate of drug-likeness (QED) is 0.594. The molecular formula is C23H35NO5Si. The van der Waals surface area contributed by atoms with E-state index >= 15 is 0 Å². The molecule has 1 aromatic carbocycles. The molecule has 0 spiro atoms. The van der Waals surface area contributed by atoms with Gasteiger partial charge in [0.25, 0.3) is 5.91 Å². The highest BCUT2D eigenvalue weighted by molar-refractivity contribution is 6.74. The summed E-state index contributed by atoms with van der Waals surface area (Å²) in [6.07, 6.45) is 1.15. The maximum absolute atomic E-state index is 13.2. The van der Waals surface area contributed by atoms with E-state index in [-0.39, 0.29) is 17.6 Å². The Morgan fingerprint density at radius 1 is 1.07 bits per heavy atom. The van der Waals surface area contributed by atoms with Gasteiger partial charge in [0.2, 0.25) is 0 Å². The fraction of sp³-hybridized carbons (Fsp3) is 0.565. The van der Waals surface area contributed by atoms with Crippen LogP contribution in [0.2, 0.25) is 18.1 Å². The Morgan fingerprint density at radius 3 is 2.10 bits per heavy atom. The van der Waals surface area contributed by atoms with Crippen LogP contribution in [0.4, 0.5) is 4.79 Å². The molecule has 0 fully saturated rings. The van der Waals surface area contributed by atoms with Gasteiger partial charge in [0.1, 0.15) is 11.4 Å². The number of imide groups is 1. The molecule has 0 N–H and O–H groups in total. The number of nitrogens with zero attached hydrogens (tertiary/aromatic N) is 1. The van der Waals surface area contributed by atoms with Crippen LogP contribution in [0.3, 0.4) is 0 Å². The highest BCUT2D eigenvalue weighted by Gasteiger charge is 2.43. The van der Waals surface area contributed by atoms with Gasteiger partial charge in [-0.3, -0.25) is 4.79 Å². The van der Waals surface area contributed by atoms with Crippen LogP contribution in [0.25, 0.3) is 5.57 Å². The second kappa shape index (κ2) is 8.55. The van der Waals surface area contributed by atoms with Crippen molar-refractivity contribution in [1.82, 2.24) is 4.90 Å². The van der Waals surface area contributed by atoms with Crippen molar-refractivity contribution in [3.63, 3.8) is 0 Å². The highest BCUT2D eigenvalue weighted by atomic mass is 28.4. The van der Waals surface area contributed by atoms with Gasteiger partial charge in [-0.05, 0) is 62.7 Å². The number of methoxy groups -OCH3 is 1. The Labute approximate surface area is 181 Å². The van der Waals surface area contributed by atoms with Gasteiger partial charge in [-0.25, -0.2) is 9.69 Å². The third kappa shape index (κ3) is 5.52. The van der Waals surface area contributed by atoms with Crippen LogP contribution in [0.1, 0.15) is 47.1 Å². The number of rotatable bonds is 5. The Balaban J connectivity index is 2.34. The molecule has 2 rings (SSSR count). The zero-order valence-electron chi connectivity index (χ0n) is 19.7. The molecule has 1 aliphatic heterocycles. The lowest BCUT2D eigenvalue weighted by molar-refractivity contribution is -0.124. The summed E-state index contributed by atoms with van der Waals surface area (Å²) in [7, 11) is -0.464. The van der Waals surface area contributed by atoms with Crippen molar-refractivity contribution in [3.05, 3.63) is 35.9 Å². The first-order chi connectivity index (χ1) is 13.7. The summed E-state index contributed by atoms with van der Waals surface area (Å²) in [6.45, 7) is 16.4. The van der Waals surface area contributed by atoms with E-state index in [1.165, 1.54) is 4.90 Å². The largest absolute Gasteiger partial charge is 0.497 e. The van der Waals surface area contributed by atoms with E-state index in [0.717, 1.165) is 5.56 Å². The van der Waals surface area contributed by atoms with E-state index in [0.29, 0.717) is 11.3 Å². The van der Waals surface area contributed by atoms with Crippen molar-refractivity contribution in [2.24, 2.45) is 0 Å². The first-order valence-electron chi connectivity index (χ1n) is 10.2. The maximum Gasteiger partial charge on any atom is 0.417 e. The lowest BCUT2D eigenvalue weighted by atomic mass is 10.1. The molecule has 2 amide bonds. The number of carbonyl (C=O) groups excluding carboxylic acids is 2.